The Morgan fingerprint density at radius 2 is 1.47 bits per heavy atom. The zero-order valence-corrected chi connectivity index (χ0v) is 21.5. The molecule has 0 bridgehead atoms. The Morgan fingerprint density at radius 3 is 2.08 bits per heavy atom. The Labute approximate surface area is 215 Å². The highest BCUT2D eigenvalue weighted by atomic mass is 32.2. The average Bonchev–Trinajstić information content (AvgIpc) is 2.91. The summed E-state index contributed by atoms with van der Waals surface area (Å²) in [6.45, 7) is 3.66. The SMILES string of the molecule is Cc1ccc(S(=O)(=O)N[C@@H](c2ccccc2)[C@@H](NCCOCC2=CCC=CC2)c2ccccc2)cc1. The van der Waals surface area contributed by atoms with Gasteiger partial charge in [-0.3, -0.25) is 0 Å². The Balaban J connectivity index is 1.55. The summed E-state index contributed by atoms with van der Waals surface area (Å²) in [7, 11) is -3.76. The molecular formula is C30H34N2O3S. The molecule has 0 amide bonds. The number of sulfonamides is 1. The van der Waals surface area contributed by atoms with Crippen LogP contribution in [0, 0.1) is 6.92 Å². The van der Waals surface area contributed by atoms with Crippen molar-refractivity contribution in [3.63, 3.8) is 0 Å². The van der Waals surface area contributed by atoms with E-state index >= 15 is 0 Å². The van der Waals surface area contributed by atoms with Crippen LogP contribution >= 0.6 is 0 Å². The van der Waals surface area contributed by atoms with Gasteiger partial charge in [-0.15, -0.1) is 0 Å². The van der Waals surface area contributed by atoms with Crippen molar-refractivity contribution in [1.29, 1.82) is 0 Å². The number of hydrogen-bond acceptors (Lipinski definition) is 4. The van der Waals surface area contributed by atoms with E-state index in [1.165, 1.54) is 5.57 Å². The maximum Gasteiger partial charge on any atom is 0.241 e. The van der Waals surface area contributed by atoms with Crippen LogP contribution in [0.4, 0.5) is 0 Å². The van der Waals surface area contributed by atoms with Crippen molar-refractivity contribution < 1.29 is 13.2 Å². The number of nitrogens with one attached hydrogen (secondary N) is 2. The molecule has 0 heterocycles. The zero-order valence-electron chi connectivity index (χ0n) is 20.6. The lowest BCUT2D eigenvalue weighted by molar-refractivity contribution is 0.152. The van der Waals surface area contributed by atoms with Crippen LogP contribution < -0.4 is 10.0 Å². The second kappa shape index (κ2) is 12.8. The third-order valence-electron chi connectivity index (χ3n) is 6.25. The van der Waals surface area contributed by atoms with Crippen molar-refractivity contribution in [2.24, 2.45) is 0 Å². The Hall–Kier alpha value is -3.03. The van der Waals surface area contributed by atoms with Gasteiger partial charge in [0.05, 0.1) is 30.2 Å². The quantitative estimate of drug-likeness (QED) is 0.249. The Morgan fingerprint density at radius 1 is 0.833 bits per heavy atom. The minimum atomic E-state index is -3.76. The number of ether oxygens (including phenoxy) is 1. The monoisotopic (exact) mass is 502 g/mol. The van der Waals surface area contributed by atoms with Crippen molar-refractivity contribution in [1.82, 2.24) is 10.0 Å². The van der Waals surface area contributed by atoms with Crippen LogP contribution in [0.25, 0.3) is 0 Å². The molecule has 4 rings (SSSR count). The fourth-order valence-electron chi connectivity index (χ4n) is 4.29. The van der Waals surface area contributed by atoms with E-state index in [1.54, 1.807) is 12.1 Å². The van der Waals surface area contributed by atoms with Gasteiger partial charge in [-0.05, 0) is 48.6 Å². The Bertz CT molecular complexity index is 1250. The van der Waals surface area contributed by atoms with Gasteiger partial charge in [0.1, 0.15) is 0 Å². The van der Waals surface area contributed by atoms with Gasteiger partial charge in [-0.1, -0.05) is 96.6 Å². The molecule has 6 heteroatoms. The lowest BCUT2D eigenvalue weighted by Crippen LogP contribution is -2.39. The molecule has 2 N–H and O–H groups in total. The summed E-state index contributed by atoms with van der Waals surface area (Å²) in [5.41, 5.74) is 4.19. The maximum atomic E-state index is 13.4. The first-order valence-corrected chi connectivity index (χ1v) is 13.8. The van der Waals surface area contributed by atoms with Gasteiger partial charge < -0.3 is 10.1 Å². The minimum absolute atomic E-state index is 0.249. The summed E-state index contributed by atoms with van der Waals surface area (Å²) in [5.74, 6) is 0. The van der Waals surface area contributed by atoms with E-state index in [1.807, 2.05) is 79.7 Å². The number of hydrogen-bond donors (Lipinski definition) is 2. The molecule has 1 aliphatic rings. The summed E-state index contributed by atoms with van der Waals surface area (Å²) in [6.07, 6.45) is 8.46. The second-order valence-electron chi connectivity index (χ2n) is 8.99. The smallest absolute Gasteiger partial charge is 0.241 e. The van der Waals surface area contributed by atoms with E-state index in [-0.39, 0.29) is 10.9 Å². The lowest BCUT2D eigenvalue weighted by atomic mass is 9.94. The van der Waals surface area contributed by atoms with Crippen LogP contribution in [0.1, 0.15) is 41.6 Å². The first kappa shape index (κ1) is 26.0. The van der Waals surface area contributed by atoms with E-state index in [0.29, 0.717) is 19.8 Å². The van der Waals surface area contributed by atoms with Gasteiger partial charge >= 0.3 is 0 Å². The minimum Gasteiger partial charge on any atom is -0.376 e. The highest BCUT2D eigenvalue weighted by Gasteiger charge is 2.29. The van der Waals surface area contributed by atoms with Crippen LogP contribution in [-0.4, -0.2) is 28.2 Å². The molecule has 0 radical (unpaired) electrons. The second-order valence-corrected chi connectivity index (χ2v) is 10.7. The predicted molar refractivity (Wildman–Crippen MR) is 145 cm³/mol. The van der Waals surface area contributed by atoms with E-state index in [9.17, 15) is 8.42 Å². The number of benzene rings is 3. The van der Waals surface area contributed by atoms with Crippen molar-refractivity contribution in [3.05, 3.63) is 125 Å². The number of aryl methyl sites for hydroxylation is 1. The summed E-state index contributed by atoms with van der Waals surface area (Å²) < 4.78 is 35.8. The molecule has 2 atom stereocenters. The normalized spacial score (nSPS) is 15.3. The molecule has 5 nitrogen and oxygen atoms in total. The molecule has 0 aromatic heterocycles. The number of allylic oxidation sites excluding steroid dienone is 3. The molecular weight excluding hydrogens is 468 g/mol. The van der Waals surface area contributed by atoms with E-state index in [0.717, 1.165) is 29.5 Å². The molecule has 36 heavy (non-hydrogen) atoms. The standard InChI is InChI=1S/C30H34N2O3S/c1-24-17-19-28(20-18-24)36(33,34)32-30(27-15-9-4-10-16-27)29(26-13-7-3-8-14-26)31-21-22-35-23-25-11-5-2-6-12-25/h2-5,7-10,12-20,29-32H,6,11,21-23H2,1H3/t29-,30-/m0/s1. The zero-order chi connectivity index (χ0) is 25.2. The largest absolute Gasteiger partial charge is 0.376 e. The summed E-state index contributed by atoms with van der Waals surface area (Å²) in [4.78, 5) is 0.249. The van der Waals surface area contributed by atoms with E-state index < -0.39 is 16.1 Å². The Kier molecular flexibility index (Phi) is 9.25. The molecule has 0 fully saturated rings. The third kappa shape index (κ3) is 7.24. The summed E-state index contributed by atoms with van der Waals surface area (Å²) >= 11 is 0. The molecule has 1 aliphatic carbocycles. The van der Waals surface area contributed by atoms with Crippen LogP contribution in [0.2, 0.25) is 0 Å². The van der Waals surface area contributed by atoms with Gasteiger partial charge in [0.2, 0.25) is 10.0 Å². The van der Waals surface area contributed by atoms with Crippen LogP contribution in [0.15, 0.2) is 114 Å². The molecule has 0 unspecified atom stereocenters. The molecule has 188 valence electrons. The van der Waals surface area contributed by atoms with Gasteiger partial charge in [-0.25, -0.2) is 13.1 Å². The van der Waals surface area contributed by atoms with E-state index in [4.69, 9.17) is 4.74 Å². The molecule has 0 saturated carbocycles. The van der Waals surface area contributed by atoms with Gasteiger partial charge in [0.25, 0.3) is 0 Å². The fraction of sp³-hybridized carbons (Fsp3) is 0.267. The molecule has 3 aromatic carbocycles. The average molecular weight is 503 g/mol. The van der Waals surface area contributed by atoms with Gasteiger partial charge in [0, 0.05) is 6.54 Å². The highest BCUT2D eigenvalue weighted by molar-refractivity contribution is 7.89. The summed E-state index contributed by atoms with van der Waals surface area (Å²) in [6, 6.07) is 25.8. The lowest BCUT2D eigenvalue weighted by Gasteiger charge is -2.30. The van der Waals surface area contributed by atoms with Crippen LogP contribution in [0.3, 0.4) is 0 Å². The van der Waals surface area contributed by atoms with Crippen molar-refractivity contribution in [3.8, 4) is 0 Å². The number of rotatable bonds is 12. The molecule has 3 aromatic rings. The van der Waals surface area contributed by atoms with Crippen LogP contribution in [-0.2, 0) is 14.8 Å². The highest BCUT2D eigenvalue weighted by Crippen LogP contribution is 2.30. The first-order chi connectivity index (χ1) is 17.5. The van der Waals surface area contributed by atoms with Crippen molar-refractivity contribution >= 4 is 10.0 Å². The van der Waals surface area contributed by atoms with Gasteiger partial charge in [-0.2, -0.15) is 0 Å². The molecule has 0 saturated heterocycles. The third-order valence-corrected chi connectivity index (χ3v) is 7.71. The topological polar surface area (TPSA) is 67.4 Å². The van der Waals surface area contributed by atoms with Crippen molar-refractivity contribution in [2.75, 3.05) is 19.8 Å². The first-order valence-electron chi connectivity index (χ1n) is 12.4. The van der Waals surface area contributed by atoms with Crippen molar-refractivity contribution in [2.45, 2.75) is 36.7 Å². The van der Waals surface area contributed by atoms with E-state index in [2.05, 4.69) is 28.3 Å². The summed E-state index contributed by atoms with van der Waals surface area (Å²) in [5, 5.41) is 3.57. The predicted octanol–water partition coefficient (Wildman–Crippen LogP) is 5.64. The maximum absolute atomic E-state index is 13.4. The molecule has 0 spiro atoms. The van der Waals surface area contributed by atoms with Crippen LogP contribution in [0.5, 0.6) is 0 Å². The fourth-order valence-corrected chi connectivity index (χ4v) is 5.52. The van der Waals surface area contributed by atoms with Gasteiger partial charge in [0.15, 0.2) is 0 Å². The molecule has 0 aliphatic heterocycles.